The van der Waals surface area contributed by atoms with Crippen molar-refractivity contribution in [2.45, 2.75) is 31.3 Å². The molecule has 0 aliphatic heterocycles. The molecule has 1 aromatic carbocycles. The second-order valence-electron chi connectivity index (χ2n) is 8.15. The minimum absolute atomic E-state index is 0.0187. The molecule has 0 saturated heterocycles. The molecule has 0 bridgehead atoms. The Bertz CT molecular complexity index is 1360. The quantitative estimate of drug-likeness (QED) is 0.337. The molecule has 1 amide bonds. The molecule has 1 atom stereocenters. The van der Waals surface area contributed by atoms with E-state index in [1.165, 1.54) is 56.8 Å². The molecular formula is C26H29N3O8S. The van der Waals surface area contributed by atoms with Gasteiger partial charge < -0.3 is 24.3 Å². The largest absolute Gasteiger partial charge is 0.472 e. The van der Waals surface area contributed by atoms with E-state index in [4.69, 9.17) is 14.2 Å². The maximum Gasteiger partial charge on any atom is 0.310 e. The topological polar surface area (TPSA) is 143 Å². The summed E-state index contributed by atoms with van der Waals surface area (Å²) in [5.74, 6) is -0.137. The second kappa shape index (κ2) is 13.0. The molecular weight excluding hydrogens is 514 g/mol. The van der Waals surface area contributed by atoms with E-state index in [2.05, 4.69) is 20.0 Å². The van der Waals surface area contributed by atoms with Gasteiger partial charge in [0.1, 0.15) is 17.7 Å². The number of anilines is 1. The number of pyridine rings is 2. The predicted molar refractivity (Wildman–Crippen MR) is 138 cm³/mol. The molecule has 0 saturated carbocycles. The first-order valence-corrected chi connectivity index (χ1v) is 13.3. The van der Waals surface area contributed by atoms with Gasteiger partial charge in [0.15, 0.2) is 9.84 Å². The van der Waals surface area contributed by atoms with Crippen LogP contribution in [0, 0.1) is 0 Å². The van der Waals surface area contributed by atoms with Gasteiger partial charge in [0, 0.05) is 25.4 Å². The SMILES string of the molecule is CCS(=O)(=O)c1ccc(Oc2cc(C(=O)Nc3ccc(CC(=O)OC)cn3)cc(O[C@H](C)COC)n2)cc1. The van der Waals surface area contributed by atoms with E-state index in [1.54, 1.807) is 26.0 Å². The first kappa shape index (κ1) is 28.5. The predicted octanol–water partition coefficient (Wildman–Crippen LogP) is 3.44. The van der Waals surface area contributed by atoms with Crippen LogP contribution in [0.1, 0.15) is 29.8 Å². The lowest BCUT2D eigenvalue weighted by Crippen LogP contribution is -2.19. The van der Waals surface area contributed by atoms with Crippen molar-refractivity contribution in [1.29, 1.82) is 0 Å². The van der Waals surface area contributed by atoms with Crippen LogP contribution < -0.4 is 14.8 Å². The van der Waals surface area contributed by atoms with Crippen LogP contribution >= 0.6 is 0 Å². The Morgan fingerprint density at radius 3 is 2.34 bits per heavy atom. The van der Waals surface area contributed by atoms with Crippen LogP contribution in [0.15, 0.2) is 59.6 Å². The van der Waals surface area contributed by atoms with Crippen LogP contribution in [0.3, 0.4) is 0 Å². The van der Waals surface area contributed by atoms with E-state index in [-0.39, 0.29) is 46.3 Å². The number of hydrogen-bond acceptors (Lipinski definition) is 10. The van der Waals surface area contributed by atoms with Crippen molar-refractivity contribution >= 4 is 27.5 Å². The highest BCUT2D eigenvalue weighted by Gasteiger charge is 2.16. The summed E-state index contributed by atoms with van der Waals surface area (Å²) in [6.07, 6.45) is 1.17. The Morgan fingerprint density at radius 2 is 1.74 bits per heavy atom. The Balaban J connectivity index is 1.83. The summed E-state index contributed by atoms with van der Waals surface area (Å²) < 4.78 is 45.5. The third-order valence-corrected chi connectivity index (χ3v) is 6.94. The molecule has 3 aromatic rings. The molecule has 12 heteroatoms. The highest BCUT2D eigenvalue weighted by molar-refractivity contribution is 7.91. The summed E-state index contributed by atoms with van der Waals surface area (Å²) >= 11 is 0. The van der Waals surface area contributed by atoms with Crippen LogP contribution in [0.5, 0.6) is 17.5 Å². The first-order chi connectivity index (χ1) is 18.1. The Hall–Kier alpha value is -4.03. The molecule has 38 heavy (non-hydrogen) atoms. The number of hydrogen-bond donors (Lipinski definition) is 1. The number of aromatic nitrogens is 2. The van der Waals surface area contributed by atoms with Crippen molar-refractivity contribution in [3.8, 4) is 17.5 Å². The van der Waals surface area contributed by atoms with Crippen molar-refractivity contribution in [3.05, 3.63) is 65.9 Å². The van der Waals surface area contributed by atoms with Crippen molar-refractivity contribution in [2.75, 3.05) is 31.9 Å². The summed E-state index contributed by atoms with van der Waals surface area (Å²) in [5.41, 5.74) is 0.815. The zero-order valence-corrected chi connectivity index (χ0v) is 22.3. The van der Waals surface area contributed by atoms with E-state index in [1.807, 2.05) is 0 Å². The molecule has 1 N–H and O–H groups in total. The van der Waals surface area contributed by atoms with E-state index >= 15 is 0 Å². The van der Waals surface area contributed by atoms with E-state index in [9.17, 15) is 18.0 Å². The van der Waals surface area contributed by atoms with Gasteiger partial charge in [-0.3, -0.25) is 9.59 Å². The molecule has 0 spiro atoms. The summed E-state index contributed by atoms with van der Waals surface area (Å²) in [7, 11) is -0.514. The molecule has 202 valence electrons. The zero-order valence-electron chi connectivity index (χ0n) is 21.5. The van der Waals surface area contributed by atoms with Gasteiger partial charge in [-0.1, -0.05) is 13.0 Å². The maximum atomic E-state index is 13.0. The Morgan fingerprint density at radius 1 is 1.03 bits per heavy atom. The number of nitrogens with zero attached hydrogens (tertiary/aromatic N) is 2. The van der Waals surface area contributed by atoms with Gasteiger partial charge in [-0.05, 0) is 42.8 Å². The third-order valence-electron chi connectivity index (χ3n) is 5.19. The molecule has 11 nitrogen and oxygen atoms in total. The normalized spacial score (nSPS) is 11.9. The fourth-order valence-corrected chi connectivity index (χ4v) is 4.12. The number of amides is 1. The summed E-state index contributed by atoms with van der Waals surface area (Å²) in [6.45, 7) is 3.65. The van der Waals surface area contributed by atoms with Crippen LogP contribution in [0.2, 0.25) is 0 Å². The van der Waals surface area contributed by atoms with Gasteiger partial charge in [-0.25, -0.2) is 13.4 Å². The molecule has 0 fully saturated rings. The highest BCUT2D eigenvalue weighted by Crippen LogP contribution is 2.26. The first-order valence-electron chi connectivity index (χ1n) is 11.6. The lowest BCUT2D eigenvalue weighted by molar-refractivity contribution is -0.139. The molecule has 3 rings (SSSR count). The van der Waals surface area contributed by atoms with Crippen LogP contribution in [-0.2, 0) is 30.5 Å². The summed E-state index contributed by atoms with van der Waals surface area (Å²) in [5, 5.41) is 2.68. The number of sulfone groups is 1. The van der Waals surface area contributed by atoms with E-state index in [0.29, 0.717) is 17.9 Å². The zero-order chi connectivity index (χ0) is 27.7. The molecule has 0 aliphatic carbocycles. The number of carbonyl (C=O) groups is 2. The van der Waals surface area contributed by atoms with Gasteiger partial charge in [0.2, 0.25) is 11.8 Å². The molecule has 0 unspecified atom stereocenters. The molecule has 0 radical (unpaired) electrons. The van der Waals surface area contributed by atoms with Crippen molar-refractivity contribution in [2.24, 2.45) is 0 Å². The standard InChI is InChI=1S/C26H29N3O8S/c1-5-38(32,33)21-9-7-20(8-10-21)37-24-14-19(13-23(29-24)36-17(2)16-34-3)26(31)28-22-11-6-18(15-27-22)12-25(30)35-4/h6-11,13-15,17H,5,12,16H2,1-4H3,(H,27,28,31)/t17-/m1/s1. The number of benzene rings is 1. The molecule has 2 heterocycles. The van der Waals surface area contributed by atoms with E-state index in [0.717, 1.165) is 0 Å². The number of carbonyl (C=O) groups excluding carboxylic acids is 2. The lowest BCUT2D eigenvalue weighted by Gasteiger charge is -2.15. The molecule has 0 aliphatic rings. The van der Waals surface area contributed by atoms with Gasteiger partial charge in [0.05, 0.1) is 36.3 Å². The average molecular weight is 544 g/mol. The summed E-state index contributed by atoms with van der Waals surface area (Å²) in [4.78, 5) is 33.1. The number of esters is 1. The number of ether oxygens (including phenoxy) is 4. The van der Waals surface area contributed by atoms with Crippen molar-refractivity contribution in [3.63, 3.8) is 0 Å². The summed E-state index contributed by atoms with van der Waals surface area (Å²) in [6, 6.07) is 12.0. The van der Waals surface area contributed by atoms with Crippen molar-refractivity contribution < 1.29 is 37.0 Å². The van der Waals surface area contributed by atoms with E-state index < -0.39 is 21.7 Å². The number of rotatable bonds is 12. The monoisotopic (exact) mass is 543 g/mol. The fraction of sp³-hybridized carbons (Fsp3) is 0.308. The minimum Gasteiger partial charge on any atom is -0.472 e. The van der Waals surface area contributed by atoms with Crippen LogP contribution in [0.4, 0.5) is 5.82 Å². The van der Waals surface area contributed by atoms with Gasteiger partial charge in [0.25, 0.3) is 5.91 Å². The third kappa shape index (κ3) is 7.98. The molecule has 2 aromatic heterocycles. The van der Waals surface area contributed by atoms with Crippen molar-refractivity contribution in [1.82, 2.24) is 9.97 Å². The minimum atomic E-state index is -3.36. The average Bonchev–Trinajstić information content (AvgIpc) is 2.90. The van der Waals surface area contributed by atoms with Gasteiger partial charge in [-0.15, -0.1) is 0 Å². The van der Waals surface area contributed by atoms with Crippen LogP contribution in [0.25, 0.3) is 0 Å². The smallest absolute Gasteiger partial charge is 0.310 e. The maximum absolute atomic E-state index is 13.0. The Labute approximate surface area is 221 Å². The van der Waals surface area contributed by atoms with Gasteiger partial charge >= 0.3 is 5.97 Å². The Kier molecular flexibility index (Phi) is 9.74. The second-order valence-corrected chi connectivity index (χ2v) is 10.4. The van der Waals surface area contributed by atoms with Crippen LogP contribution in [-0.4, -0.2) is 62.9 Å². The number of methoxy groups -OCH3 is 2. The number of nitrogens with one attached hydrogen (secondary N) is 1. The van der Waals surface area contributed by atoms with Gasteiger partial charge in [-0.2, -0.15) is 4.98 Å². The lowest BCUT2D eigenvalue weighted by atomic mass is 10.2. The fourth-order valence-electron chi connectivity index (χ4n) is 3.23. The highest BCUT2D eigenvalue weighted by atomic mass is 32.2.